The lowest BCUT2D eigenvalue weighted by Gasteiger charge is -2.23. The van der Waals surface area contributed by atoms with E-state index in [1.165, 1.54) is 6.92 Å². The zero-order valence-corrected chi connectivity index (χ0v) is 9.88. The van der Waals surface area contributed by atoms with Gasteiger partial charge >= 0.3 is 0 Å². The first-order valence-corrected chi connectivity index (χ1v) is 5.93. The number of hydrogen-bond donors (Lipinski definition) is 0. The van der Waals surface area contributed by atoms with Crippen molar-refractivity contribution in [2.75, 3.05) is 0 Å². The third-order valence-corrected chi connectivity index (χ3v) is 3.65. The van der Waals surface area contributed by atoms with Crippen molar-refractivity contribution < 1.29 is 19.1 Å². The second-order valence-electron chi connectivity index (χ2n) is 4.77. The summed E-state index contributed by atoms with van der Waals surface area (Å²) in [7, 11) is 0. The molecule has 0 aromatic heterocycles. The number of benzene rings is 1. The number of carbonyl (C=O) groups excluding carboxylic acids is 3. The lowest BCUT2D eigenvalue weighted by molar-refractivity contribution is -0.126. The molecular weight excluding hydrogens is 232 g/mol. The topological polar surface area (TPSA) is 60.4 Å². The van der Waals surface area contributed by atoms with Gasteiger partial charge in [-0.2, -0.15) is 0 Å². The predicted octanol–water partition coefficient (Wildman–Crippen LogP) is 1.43. The zero-order chi connectivity index (χ0) is 12.9. The van der Waals surface area contributed by atoms with E-state index in [1.807, 2.05) is 0 Å². The fourth-order valence-electron chi connectivity index (χ4n) is 2.70. The number of ether oxygens (including phenoxy) is 1. The predicted molar refractivity (Wildman–Crippen MR) is 62.6 cm³/mol. The van der Waals surface area contributed by atoms with Crippen molar-refractivity contribution >= 4 is 17.3 Å². The number of fused-ring (bicyclic) bond motifs is 2. The monoisotopic (exact) mass is 244 g/mol. The van der Waals surface area contributed by atoms with Crippen LogP contribution in [0.25, 0.3) is 0 Å². The van der Waals surface area contributed by atoms with E-state index in [-0.39, 0.29) is 17.3 Å². The Bertz CT molecular complexity index is 518. The van der Waals surface area contributed by atoms with Crippen molar-refractivity contribution in [1.82, 2.24) is 0 Å². The highest BCUT2D eigenvalue weighted by atomic mass is 16.5. The molecule has 2 aliphatic rings. The summed E-state index contributed by atoms with van der Waals surface area (Å²) >= 11 is 0. The Hall–Kier alpha value is -1.81. The summed E-state index contributed by atoms with van der Waals surface area (Å²) in [4.78, 5) is 35.8. The van der Waals surface area contributed by atoms with Gasteiger partial charge in [0.05, 0.1) is 5.92 Å². The molecule has 92 valence electrons. The summed E-state index contributed by atoms with van der Waals surface area (Å²) < 4.78 is 5.45. The molecule has 1 aromatic rings. The van der Waals surface area contributed by atoms with Crippen molar-refractivity contribution in [2.45, 2.75) is 25.6 Å². The molecule has 3 atom stereocenters. The van der Waals surface area contributed by atoms with E-state index in [1.54, 1.807) is 24.3 Å². The normalized spacial score (nSPS) is 29.9. The Morgan fingerprint density at radius 3 is 2.39 bits per heavy atom. The van der Waals surface area contributed by atoms with Gasteiger partial charge in [-0.3, -0.25) is 14.4 Å². The van der Waals surface area contributed by atoms with Crippen LogP contribution in [-0.4, -0.2) is 29.6 Å². The quantitative estimate of drug-likeness (QED) is 0.749. The minimum Gasteiger partial charge on any atom is -0.358 e. The summed E-state index contributed by atoms with van der Waals surface area (Å²) in [6.45, 7) is 1.42. The first-order chi connectivity index (χ1) is 8.59. The van der Waals surface area contributed by atoms with E-state index in [9.17, 15) is 14.4 Å². The summed E-state index contributed by atoms with van der Waals surface area (Å²) in [5.74, 6) is -0.895. The van der Waals surface area contributed by atoms with Crippen LogP contribution in [0.5, 0.6) is 0 Å². The maximum absolute atomic E-state index is 12.3. The number of hydrogen-bond acceptors (Lipinski definition) is 4. The molecule has 0 N–H and O–H groups in total. The second kappa shape index (κ2) is 3.85. The Morgan fingerprint density at radius 1 is 1.17 bits per heavy atom. The molecule has 1 heterocycles. The fraction of sp³-hybridized carbons (Fsp3) is 0.357. The minimum atomic E-state index is -0.777. The van der Waals surface area contributed by atoms with Gasteiger partial charge < -0.3 is 4.74 Å². The lowest BCUT2D eigenvalue weighted by atomic mass is 9.79. The van der Waals surface area contributed by atoms with Crippen LogP contribution in [0, 0.1) is 5.92 Å². The van der Waals surface area contributed by atoms with Gasteiger partial charge in [0.15, 0.2) is 17.3 Å². The van der Waals surface area contributed by atoms with Crippen LogP contribution in [-0.2, 0) is 9.53 Å². The largest absolute Gasteiger partial charge is 0.358 e. The molecule has 0 radical (unpaired) electrons. The summed E-state index contributed by atoms with van der Waals surface area (Å²) in [5.41, 5.74) is 0.865. The maximum atomic E-state index is 12.3. The first kappa shape index (κ1) is 11.3. The van der Waals surface area contributed by atoms with Crippen molar-refractivity contribution in [3.63, 3.8) is 0 Å². The van der Waals surface area contributed by atoms with E-state index < -0.39 is 18.1 Å². The molecule has 1 fully saturated rings. The molecule has 0 spiro atoms. The van der Waals surface area contributed by atoms with E-state index >= 15 is 0 Å². The SMILES string of the molecule is CC(=O)[C@@H]1C[C@H]2C(=O)c3ccccc3C(=O)[C@H]2O1. The van der Waals surface area contributed by atoms with Gasteiger partial charge in [0.1, 0.15) is 12.2 Å². The van der Waals surface area contributed by atoms with Crippen molar-refractivity contribution in [1.29, 1.82) is 0 Å². The van der Waals surface area contributed by atoms with Gasteiger partial charge in [-0.05, 0) is 13.3 Å². The molecule has 1 aromatic carbocycles. The summed E-state index contributed by atoms with van der Waals surface area (Å²) in [5, 5.41) is 0. The third kappa shape index (κ3) is 1.46. The highest BCUT2D eigenvalue weighted by molar-refractivity contribution is 6.17. The van der Waals surface area contributed by atoms with Crippen LogP contribution >= 0.6 is 0 Å². The Morgan fingerprint density at radius 2 is 1.78 bits per heavy atom. The van der Waals surface area contributed by atoms with Crippen molar-refractivity contribution in [3.8, 4) is 0 Å². The van der Waals surface area contributed by atoms with Gasteiger partial charge in [-0.1, -0.05) is 24.3 Å². The van der Waals surface area contributed by atoms with E-state index in [2.05, 4.69) is 0 Å². The Labute approximate surface area is 104 Å². The number of Topliss-reactive ketones (excluding diaryl/α,β-unsaturated/α-hetero) is 3. The van der Waals surface area contributed by atoms with Crippen molar-refractivity contribution in [3.05, 3.63) is 35.4 Å². The van der Waals surface area contributed by atoms with Crippen LogP contribution < -0.4 is 0 Å². The first-order valence-electron chi connectivity index (χ1n) is 5.93. The van der Waals surface area contributed by atoms with E-state index in [4.69, 9.17) is 4.74 Å². The molecule has 4 nitrogen and oxygen atoms in total. The van der Waals surface area contributed by atoms with Crippen LogP contribution in [0.15, 0.2) is 24.3 Å². The second-order valence-corrected chi connectivity index (χ2v) is 4.77. The molecular formula is C14H12O4. The average Bonchev–Trinajstić information content (AvgIpc) is 2.81. The van der Waals surface area contributed by atoms with Crippen LogP contribution in [0.1, 0.15) is 34.1 Å². The lowest BCUT2D eigenvalue weighted by Crippen LogP contribution is -2.38. The van der Waals surface area contributed by atoms with Crippen LogP contribution in [0.2, 0.25) is 0 Å². The number of rotatable bonds is 1. The highest BCUT2D eigenvalue weighted by Gasteiger charge is 2.49. The molecule has 4 heteroatoms. The smallest absolute Gasteiger partial charge is 0.193 e. The standard InChI is InChI=1S/C14H12O4/c1-7(15)11-6-10-12(16)8-4-2-3-5-9(8)13(17)14(10)18-11/h2-5,10-11,14H,6H2,1H3/t10-,11-,14-/m0/s1. The van der Waals surface area contributed by atoms with Gasteiger partial charge in [0.25, 0.3) is 0 Å². The van der Waals surface area contributed by atoms with E-state index in [0.717, 1.165) is 0 Å². The fourth-order valence-corrected chi connectivity index (χ4v) is 2.70. The zero-order valence-electron chi connectivity index (χ0n) is 9.88. The Kier molecular flexibility index (Phi) is 2.41. The Balaban J connectivity index is 2.04. The molecule has 1 aliphatic carbocycles. The average molecular weight is 244 g/mol. The van der Waals surface area contributed by atoms with Crippen LogP contribution in [0.4, 0.5) is 0 Å². The molecule has 1 aliphatic heterocycles. The van der Waals surface area contributed by atoms with Gasteiger partial charge in [0, 0.05) is 11.1 Å². The minimum absolute atomic E-state index is 0.0843. The molecule has 0 bridgehead atoms. The van der Waals surface area contributed by atoms with E-state index in [0.29, 0.717) is 17.5 Å². The highest BCUT2D eigenvalue weighted by Crippen LogP contribution is 2.36. The van der Waals surface area contributed by atoms with Crippen LogP contribution in [0.3, 0.4) is 0 Å². The molecule has 18 heavy (non-hydrogen) atoms. The van der Waals surface area contributed by atoms with Gasteiger partial charge in [-0.25, -0.2) is 0 Å². The third-order valence-electron chi connectivity index (χ3n) is 3.65. The molecule has 0 unspecified atom stereocenters. The number of ketones is 3. The van der Waals surface area contributed by atoms with Crippen molar-refractivity contribution in [2.24, 2.45) is 5.92 Å². The summed E-state index contributed by atoms with van der Waals surface area (Å²) in [6, 6.07) is 6.76. The molecule has 1 saturated heterocycles. The molecule has 0 saturated carbocycles. The molecule has 0 amide bonds. The number of carbonyl (C=O) groups is 3. The van der Waals surface area contributed by atoms with Gasteiger partial charge in [-0.15, -0.1) is 0 Å². The summed E-state index contributed by atoms with van der Waals surface area (Å²) in [6.07, 6.45) is -1.08. The molecule has 3 rings (SSSR count). The van der Waals surface area contributed by atoms with Gasteiger partial charge in [0.2, 0.25) is 0 Å². The maximum Gasteiger partial charge on any atom is 0.193 e.